The Kier molecular flexibility index (Phi) is 5.71. The van der Waals surface area contributed by atoms with Crippen molar-refractivity contribution in [3.05, 3.63) is 59.7 Å². The van der Waals surface area contributed by atoms with Crippen LogP contribution < -0.4 is 10.5 Å². The first-order valence-electron chi connectivity index (χ1n) is 10.6. The number of halogens is 3. The Morgan fingerprint density at radius 2 is 1.67 bits per heavy atom. The van der Waals surface area contributed by atoms with Gasteiger partial charge in [-0.1, -0.05) is 31.2 Å². The number of hydrogen-bond donors (Lipinski definition) is 1. The standard InChI is InChI=1S/C24H29F3N2O/c1-23(14-17-6-8-18(28)9-7-17)15-19-10-11-20(16-23)29(19)12-13-30-22-5-3-2-4-21(22)24(25,26)27/h2-9,19-20H,10-16,28H2,1H3/t19-,20+,23?. The molecule has 3 atom stereocenters. The maximum atomic E-state index is 13.2. The summed E-state index contributed by atoms with van der Waals surface area (Å²) in [6.45, 7) is 3.30. The van der Waals surface area contributed by atoms with E-state index in [2.05, 4.69) is 24.0 Å². The first-order chi connectivity index (χ1) is 14.2. The predicted molar refractivity (Wildman–Crippen MR) is 112 cm³/mol. The summed E-state index contributed by atoms with van der Waals surface area (Å²) in [5.41, 5.74) is 7.43. The van der Waals surface area contributed by atoms with E-state index in [0.717, 1.165) is 43.9 Å². The molecule has 2 saturated heterocycles. The number of piperidine rings is 1. The van der Waals surface area contributed by atoms with Crippen LogP contribution in [0.3, 0.4) is 0 Å². The second kappa shape index (κ2) is 8.14. The lowest BCUT2D eigenvalue weighted by Crippen LogP contribution is -2.48. The van der Waals surface area contributed by atoms with E-state index in [1.54, 1.807) is 6.07 Å². The van der Waals surface area contributed by atoms with Crippen LogP contribution in [0.15, 0.2) is 48.5 Å². The van der Waals surface area contributed by atoms with E-state index >= 15 is 0 Å². The van der Waals surface area contributed by atoms with Gasteiger partial charge < -0.3 is 10.5 Å². The third-order valence-corrected chi connectivity index (χ3v) is 6.64. The van der Waals surface area contributed by atoms with Gasteiger partial charge in [-0.3, -0.25) is 4.90 Å². The van der Waals surface area contributed by atoms with Crippen LogP contribution in [0.25, 0.3) is 0 Å². The molecule has 3 nitrogen and oxygen atoms in total. The van der Waals surface area contributed by atoms with E-state index in [9.17, 15) is 13.2 Å². The van der Waals surface area contributed by atoms with Gasteiger partial charge in [0.2, 0.25) is 0 Å². The number of fused-ring (bicyclic) bond motifs is 2. The maximum Gasteiger partial charge on any atom is 0.419 e. The first-order valence-corrected chi connectivity index (χ1v) is 10.6. The molecule has 2 fully saturated rings. The van der Waals surface area contributed by atoms with Crippen molar-refractivity contribution in [2.75, 3.05) is 18.9 Å². The molecule has 6 heteroatoms. The fraction of sp³-hybridized carbons (Fsp3) is 0.500. The summed E-state index contributed by atoms with van der Waals surface area (Å²) < 4.78 is 45.0. The summed E-state index contributed by atoms with van der Waals surface area (Å²) in [5.74, 6) is -0.0810. The molecule has 0 amide bonds. The van der Waals surface area contributed by atoms with Gasteiger partial charge in [-0.25, -0.2) is 0 Å². The topological polar surface area (TPSA) is 38.5 Å². The average molecular weight is 419 g/mol. The number of para-hydroxylation sites is 1. The third kappa shape index (κ3) is 4.59. The molecule has 0 saturated carbocycles. The van der Waals surface area contributed by atoms with Crippen LogP contribution in [0.1, 0.15) is 43.7 Å². The molecule has 2 aromatic carbocycles. The molecule has 4 rings (SSSR count). The molecule has 0 spiro atoms. The Hall–Kier alpha value is -2.21. The fourth-order valence-electron chi connectivity index (χ4n) is 5.40. The quantitative estimate of drug-likeness (QED) is 0.626. The summed E-state index contributed by atoms with van der Waals surface area (Å²) in [6, 6.07) is 14.5. The van der Waals surface area contributed by atoms with Crippen LogP contribution in [-0.2, 0) is 12.6 Å². The smallest absolute Gasteiger partial charge is 0.419 e. The second-order valence-electron chi connectivity index (χ2n) is 9.10. The van der Waals surface area contributed by atoms with Gasteiger partial charge in [-0.05, 0) is 67.3 Å². The van der Waals surface area contributed by atoms with Crippen molar-refractivity contribution in [3.63, 3.8) is 0 Å². The number of nitrogen functional groups attached to an aromatic ring is 1. The van der Waals surface area contributed by atoms with Crippen molar-refractivity contribution in [2.24, 2.45) is 5.41 Å². The van der Waals surface area contributed by atoms with E-state index in [1.807, 2.05) is 12.1 Å². The number of alkyl halides is 3. The number of nitrogens with two attached hydrogens (primary N) is 1. The van der Waals surface area contributed by atoms with E-state index in [-0.39, 0.29) is 17.8 Å². The Morgan fingerprint density at radius 3 is 2.30 bits per heavy atom. The minimum atomic E-state index is -4.40. The van der Waals surface area contributed by atoms with Crippen LogP contribution in [0.5, 0.6) is 5.75 Å². The number of ether oxygens (including phenoxy) is 1. The van der Waals surface area contributed by atoms with Gasteiger partial charge in [-0.2, -0.15) is 13.2 Å². The van der Waals surface area contributed by atoms with Gasteiger partial charge >= 0.3 is 6.18 Å². The van der Waals surface area contributed by atoms with Crippen LogP contribution >= 0.6 is 0 Å². The molecule has 0 radical (unpaired) electrons. The normalized spacial score (nSPS) is 26.7. The second-order valence-corrected chi connectivity index (χ2v) is 9.10. The van der Waals surface area contributed by atoms with Gasteiger partial charge in [0, 0.05) is 24.3 Å². The number of rotatable bonds is 6. The average Bonchev–Trinajstić information content (AvgIpc) is 2.94. The highest BCUT2D eigenvalue weighted by atomic mass is 19.4. The molecule has 2 N–H and O–H groups in total. The Morgan fingerprint density at radius 1 is 1.03 bits per heavy atom. The maximum absolute atomic E-state index is 13.2. The van der Waals surface area contributed by atoms with Crippen molar-refractivity contribution >= 4 is 5.69 Å². The molecule has 1 unspecified atom stereocenters. The van der Waals surface area contributed by atoms with E-state index < -0.39 is 11.7 Å². The number of benzene rings is 2. The Bertz CT molecular complexity index is 851. The molecule has 2 heterocycles. The molecular weight excluding hydrogens is 389 g/mol. The van der Waals surface area contributed by atoms with Gasteiger partial charge in [0.1, 0.15) is 12.4 Å². The summed E-state index contributed by atoms with van der Waals surface area (Å²) in [4.78, 5) is 2.46. The lowest BCUT2D eigenvalue weighted by atomic mass is 9.72. The largest absolute Gasteiger partial charge is 0.492 e. The third-order valence-electron chi connectivity index (χ3n) is 6.64. The summed E-state index contributed by atoms with van der Waals surface area (Å²) in [7, 11) is 0. The van der Waals surface area contributed by atoms with Gasteiger partial charge in [0.05, 0.1) is 5.56 Å². The van der Waals surface area contributed by atoms with Gasteiger partial charge in [0.25, 0.3) is 0 Å². The molecule has 0 aromatic heterocycles. The highest BCUT2D eigenvalue weighted by Crippen LogP contribution is 2.47. The highest BCUT2D eigenvalue weighted by Gasteiger charge is 2.45. The van der Waals surface area contributed by atoms with Crippen molar-refractivity contribution in [2.45, 2.75) is 57.3 Å². The van der Waals surface area contributed by atoms with Crippen molar-refractivity contribution < 1.29 is 17.9 Å². The zero-order valence-corrected chi connectivity index (χ0v) is 17.3. The fourth-order valence-corrected chi connectivity index (χ4v) is 5.40. The SMILES string of the molecule is CC1(Cc2ccc(N)cc2)C[C@H]2CC[C@@H](C1)N2CCOc1ccccc1C(F)(F)F. The zero-order valence-electron chi connectivity index (χ0n) is 17.3. The van der Waals surface area contributed by atoms with E-state index in [1.165, 1.54) is 17.7 Å². The molecule has 162 valence electrons. The molecule has 2 aliphatic heterocycles. The molecule has 2 aliphatic rings. The van der Waals surface area contributed by atoms with Crippen LogP contribution in [-0.4, -0.2) is 30.1 Å². The van der Waals surface area contributed by atoms with Crippen molar-refractivity contribution in [1.82, 2.24) is 4.90 Å². The monoisotopic (exact) mass is 418 g/mol. The Balaban J connectivity index is 1.35. The highest BCUT2D eigenvalue weighted by molar-refractivity contribution is 5.39. The zero-order chi connectivity index (χ0) is 21.4. The van der Waals surface area contributed by atoms with Crippen molar-refractivity contribution in [1.29, 1.82) is 0 Å². The molecule has 0 aliphatic carbocycles. The molecular formula is C24H29F3N2O. The molecule has 2 aromatic rings. The van der Waals surface area contributed by atoms with Gasteiger partial charge in [0.15, 0.2) is 0 Å². The lowest BCUT2D eigenvalue weighted by molar-refractivity contribution is -0.139. The summed E-state index contributed by atoms with van der Waals surface area (Å²) in [6.07, 6.45) is 1.15. The number of anilines is 1. The van der Waals surface area contributed by atoms with Crippen LogP contribution in [0.2, 0.25) is 0 Å². The van der Waals surface area contributed by atoms with Crippen LogP contribution in [0, 0.1) is 5.41 Å². The Labute approximate surface area is 176 Å². The van der Waals surface area contributed by atoms with E-state index in [4.69, 9.17) is 10.5 Å². The first kappa shape index (κ1) is 21.0. The summed E-state index contributed by atoms with van der Waals surface area (Å²) in [5, 5.41) is 0. The van der Waals surface area contributed by atoms with Gasteiger partial charge in [-0.15, -0.1) is 0 Å². The van der Waals surface area contributed by atoms with Crippen molar-refractivity contribution in [3.8, 4) is 5.75 Å². The van der Waals surface area contributed by atoms with E-state index in [0.29, 0.717) is 18.6 Å². The minimum absolute atomic E-state index is 0.0810. The summed E-state index contributed by atoms with van der Waals surface area (Å²) >= 11 is 0. The number of hydrogen-bond acceptors (Lipinski definition) is 3. The molecule has 2 bridgehead atoms. The van der Waals surface area contributed by atoms with Crippen LogP contribution in [0.4, 0.5) is 18.9 Å². The number of nitrogens with zero attached hydrogens (tertiary/aromatic N) is 1. The lowest BCUT2D eigenvalue weighted by Gasteiger charge is -2.45. The minimum Gasteiger partial charge on any atom is -0.492 e. The molecule has 30 heavy (non-hydrogen) atoms. The predicted octanol–water partition coefficient (Wildman–Crippen LogP) is 5.54.